The average molecular weight is 542 g/mol. The number of hydrogen-bond acceptors (Lipinski definition) is 0. The van der Waals surface area contributed by atoms with Gasteiger partial charge in [-0.05, 0) is 136 Å². The van der Waals surface area contributed by atoms with Crippen molar-refractivity contribution in [1.82, 2.24) is 0 Å². The molecule has 1 heteroatoms. The number of hydrogen-bond donors (Lipinski definition) is 0. The third kappa shape index (κ3) is 2.12. The first kappa shape index (κ1) is 20.3. The summed E-state index contributed by atoms with van der Waals surface area (Å²) in [5, 5.41) is 0. The minimum absolute atomic E-state index is 0.231. The summed E-state index contributed by atoms with van der Waals surface area (Å²) < 4.78 is 1.17. The molecule has 6 atom stereocenters. The second-order valence-electron chi connectivity index (χ2n) is 13.2. The molecule has 0 amide bonds. The van der Waals surface area contributed by atoms with Gasteiger partial charge in [-0.3, -0.25) is 0 Å². The average Bonchev–Trinajstić information content (AvgIpc) is 3.54. The standard InChI is InChI=1S/C36H29Br/c1-19-6-8-27-30-15-28-20-11-22-13-23-12-21(18-35(22,23)17-20)29(28)16-34(30)36(32(27)10-19)31-5-3-2-4-25(31)26-9-7-24(37)14-33(26)36/h2-10,14-16,20-23H,11-13,17-18H2,1H3. The van der Waals surface area contributed by atoms with Crippen molar-refractivity contribution in [2.24, 2.45) is 17.3 Å². The summed E-state index contributed by atoms with van der Waals surface area (Å²) in [4.78, 5) is 0. The molecule has 6 aliphatic carbocycles. The van der Waals surface area contributed by atoms with Crippen LogP contribution in [0.3, 0.4) is 0 Å². The molecule has 3 bridgehead atoms. The third-order valence-corrected chi connectivity index (χ3v) is 12.5. The Morgan fingerprint density at radius 2 is 1.27 bits per heavy atom. The minimum Gasteiger partial charge on any atom is -0.0619 e. The summed E-state index contributed by atoms with van der Waals surface area (Å²) in [5.41, 5.74) is 17.0. The predicted molar refractivity (Wildman–Crippen MR) is 153 cm³/mol. The maximum atomic E-state index is 3.86. The highest BCUT2D eigenvalue weighted by Crippen LogP contribution is 2.76. The Balaban J connectivity index is 1.35. The lowest BCUT2D eigenvalue weighted by Gasteiger charge is -2.48. The Bertz CT molecular complexity index is 1730. The Labute approximate surface area is 227 Å². The van der Waals surface area contributed by atoms with Gasteiger partial charge in [0.15, 0.2) is 0 Å². The first-order valence-corrected chi connectivity index (χ1v) is 15.1. The van der Waals surface area contributed by atoms with Crippen LogP contribution in [-0.4, -0.2) is 0 Å². The summed E-state index contributed by atoms with van der Waals surface area (Å²) in [7, 11) is 0. The molecule has 4 aromatic rings. The lowest BCUT2D eigenvalue weighted by Crippen LogP contribution is -2.41. The zero-order valence-corrected chi connectivity index (χ0v) is 22.7. The Morgan fingerprint density at radius 1 is 0.622 bits per heavy atom. The van der Waals surface area contributed by atoms with Gasteiger partial charge in [-0.2, -0.15) is 0 Å². The van der Waals surface area contributed by atoms with Gasteiger partial charge >= 0.3 is 0 Å². The Morgan fingerprint density at radius 3 is 2.11 bits per heavy atom. The lowest BCUT2D eigenvalue weighted by molar-refractivity contribution is 0.00322. The van der Waals surface area contributed by atoms with Gasteiger partial charge < -0.3 is 0 Å². The van der Waals surface area contributed by atoms with E-state index in [2.05, 4.69) is 95.7 Å². The molecule has 6 unspecified atom stereocenters. The van der Waals surface area contributed by atoms with Crippen LogP contribution in [-0.2, 0) is 5.41 Å². The fraction of sp³-hybridized carbons (Fsp3) is 0.333. The largest absolute Gasteiger partial charge is 0.0726 e. The summed E-state index contributed by atoms with van der Waals surface area (Å²) in [6.07, 6.45) is 7.32. The van der Waals surface area contributed by atoms with E-state index in [9.17, 15) is 0 Å². The normalized spacial score (nSPS) is 33.9. The van der Waals surface area contributed by atoms with E-state index in [0.29, 0.717) is 5.41 Å². The smallest absolute Gasteiger partial charge is 0.0619 e. The van der Waals surface area contributed by atoms with Gasteiger partial charge in [0.2, 0.25) is 0 Å². The number of halogens is 1. The molecule has 0 N–H and O–H groups in total. The van der Waals surface area contributed by atoms with Crippen LogP contribution in [0.5, 0.6) is 0 Å². The van der Waals surface area contributed by atoms with E-state index in [1.807, 2.05) is 0 Å². The molecule has 0 aliphatic heterocycles. The van der Waals surface area contributed by atoms with Crippen LogP contribution >= 0.6 is 15.9 Å². The summed E-state index contributed by atoms with van der Waals surface area (Å²) in [5.74, 6) is 3.57. The van der Waals surface area contributed by atoms with Gasteiger partial charge in [0.05, 0.1) is 5.41 Å². The molecule has 37 heavy (non-hydrogen) atoms. The topological polar surface area (TPSA) is 0 Å². The van der Waals surface area contributed by atoms with Crippen molar-refractivity contribution < 1.29 is 0 Å². The van der Waals surface area contributed by atoms with Crippen molar-refractivity contribution in [3.63, 3.8) is 0 Å². The van der Waals surface area contributed by atoms with Gasteiger partial charge in [-0.15, -0.1) is 0 Å². The van der Waals surface area contributed by atoms with E-state index in [1.54, 1.807) is 16.7 Å². The number of aryl methyl sites for hydroxylation is 1. The molecule has 0 aromatic heterocycles. The van der Waals surface area contributed by atoms with E-state index < -0.39 is 0 Å². The highest BCUT2D eigenvalue weighted by atomic mass is 79.9. The molecule has 10 rings (SSSR count). The SMILES string of the molecule is Cc1ccc2c(c1)C1(c3ccccc3-c3ccc(Br)cc31)c1cc3c(cc1-2)C1CC2CC4CC3CC24C1. The van der Waals surface area contributed by atoms with Crippen LogP contribution in [0.2, 0.25) is 0 Å². The summed E-state index contributed by atoms with van der Waals surface area (Å²) in [6.45, 7) is 2.26. The number of rotatable bonds is 0. The monoisotopic (exact) mass is 540 g/mol. The number of benzene rings is 4. The van der Waals surface area contributed by atoms with Gasteiger partial charge in [0.25, 0.3) is 0 Å². The fourth-order valence-corrected chi connectivity index (χ4v) is 11.1. The molecule has 3 saturated carbocycles. The Kier molecular flexibility index (Phi) is 3.47. The fourth-order valence-electron chi connectivity index (χ4n) is 10.7. The van der Waals surface area contributed by atoms with Crippen molar-refractivity contribution in [2.75, 3.05) is 0 Å². The molecule has 3 fully saturated rings. The molecular weight excluding hydrogens is 512 g/mol. The number of fused-ring (bicyclic) bond motifs is 15. The quantitative estimate of drug-likeness (QED) is 0.180. The van der Waals surface area contributed by atoms with Crippen molar-refractivity contribution in [1.29, 1.82) is 0 Å². The van der Waals surface area contributed by atoms with E-state index in [-0.39, 0.29) is 5.41 Å². The van der Waals surface area contributed by atoms with Crippen molar-refractivity contribution in [3.8, 4) is 22.3 Å². The van der Waals surface area contributed by atoms with E-state index >= 15 is 0 Å². The first-order valence-electron chi connectivity index (χ1n) is 14.3. The molecule has 4 aromatic carbocycles. The van der Waals surface area contributed by atoms with Crippen LogP contribution < -0.4 is 0 Å². The maximum absolute atomic E-state index is 3.86. The molecular formula is C36H29Br. The van der Waals surface area contributed by atoms with Crippen LogP contribution in [0, 0.1) is 24.2 Å². The van der Waals surface area contributed by atoms with Gasteiger partial charge in [0, 0.05) is 4.47 Å². The van der Waals surface area contributed by atoms with Crippen LogP contribution in [0.25, 0.3) is 22.3 Å². The Hall–Kier alpha value is -2.64. The zero-order valence-electron chi connectivity index (χ0n) is 21.2. The van der Waals surface area contributed by atoms with Gasteiger partial charge in [0.1, 0.15) is 0 Å². The van der Waals surface area contributed by atoms with Crippen LogP contribution in [0.1, 0.15) is 82.9 Å². The second-order valence-corrected chi connectivity index (χ2v) is 14.1. The molecule has 6 aliphatic rings. The van der Waals surface area contributed by atoms with Crippen molar-refractivity contribution in [3.05, 3.63) is 116 Å². The van der Waals surface area contributed by atoms with E-state index in [4.69, 9.17) is 0 Å². The second kappa shape index (κ2) is 6.32. The third-order valence-electron chi connectivity index (χ3n) is 12.0. The molecule has 0 radical (unpaired) electrons. The van der Waals surface area contributed by atoms with Crippen LogP contribution in [0.4, 0.5) is 0 Å². The lowest BCUT2D eigenvalue weighted by atomic mass is 9.56. The molecule has 180 valence electrons. The van der Waals surface area contributed by atoms with Gasteiger partial charge in [-0.25, -0.2) is 0 Å². The minimum atomic E-state index is -0.231. The molecule has 0 heterocycles. The molecule has 2 spiro atoms. The predicted octanol–water partition coefficient (Wildman–Crippen LogP) is 9.49. The highest BCUT2D eigenvalue weighted by molar-refractivity contribution is 9.10. The van der Waals surface area contributed by atoms with Crippen LogP contribution in [0.15, 0.2) is 77.3 Å². The van der Waals surface area contributed by atoms with Crippen molar-refractivity contribution in [2.45, 2.75) is 56.3 Å². The maximum Gasteiger partial charge on any atom is 0.0726 e. The van der Waals surface area contributed by atoms with Gasteiger partial charge in [-0.1, -0.05) is 82.2 Å². The zero-order chi connectivity index (χ0) is 24.3. The van der Waals surface area contributed by atoms with E-state index in [1.165, 1.54) is 81.1 Å². The first-order chi connectivity index (χ1) is 18.1. The summed E-state index contributed by atoms with van der Waals surface area (Å²) >= 11 is 3.86. The highest BCUT2D eigenvalue weighted by Gasteiger charge is 2.66. The van der Waals surface area contributed by atoms with Crippen molar-refractivity contribution >= 4 is 15.9 Å². The summed E-state index contributed by atoms with van der Waals surface area (Å²) in [6, 6.07) is 28.9. The molecule has 0 nitrogen and oxygen atoms in total. The van der Waals surface area contributed by atoms with E-state index in [0.717, 1.165) is 23.7 Å². The molecule has 0 saturated heterocycles.